The van der Waals surface area contributed by atoms with Gasteiger partial charge in [0.25, 0.3) is 0 Å². The van der Waals surface area contributed by atoms with Crippen LogP contribution >= 0.6 is 11.3 Å². The van der Waals surface area contributed by atoms with Gasteiger partial charge in [-0.1, -0.05) is 11.3 Å². The number of ether oxygens (including phenoxy) is 2. The van der Waals surface area contributed by atoms with E-state index in [2.05, 4.69) is 21.0 Å². The van der Waals surface area contributed by atoms with Crippen LogP contribution in [0.25, 0.3) is 10.7 Å². The van der Waals surface area contributed by atoms with Gasteiger partial charge in [-0.05, 0) is 6.92 Å². The lowest BCUT2D eigenvalue weighted by Gasteiger charge is -1.99. The van der Waals surface area contributed by atoms with Crippen molar-refractivity contribution < 1.29 is 9.47 Å². The molecule has 0 aliphatic carbocycles. The first-order valence-electron chi connectivity index (χ1n) is 5.18. The van der Waals surface area contributed by atoms with E-state index in [4.69, 9.17) is 14.7 Å². The standard InChI is InChI=1S/C11H10N4O2S/c1-3-17-10-8(5-12)18-11(15-10)7-4-9(16-2)14-6-13-7/h4,6H,3H2,1-2H3. The Morgan fingerprint density at radius 1 is 1.44 bits per heavy atom. The molecule has 0 bridgehead atoms. The van der Waals surface area contributed by atoms with Gasteiger partial charge < -0.3 is 9.47 Å². The molecule has 2 aromatic rings. The molecule has 0 fully saturated rings. The lowest BCUT2D eigenvalue weighted by atomic mass is 10.4. The second-order valence-electron chi connectivity index (χ2n) is 3.14. The number of rotatable bonds is 4. The smallest absolute Gasteiger partial charge is 0.243 e. The van der Waals surface area contributed by atoms with E-state index in [0.29, 0.717) is 33.9 Å². The molecule has 0 N–H and O–H groups in total. The molecular weight excluding hydrogens is 252 g/mol. The highest BCUT2D eigenvalue weighted by molar-refractivity contribution is 7.15. The van der Waals surface area contributed by atoms with Gasteiger partial charge in [-0.25, -0.2) is 9.97 Å². The Morgan fingerprint density at radius 3 is 2.94 bits per heavy atom. The minimum Gasteiger partial charge on any atom is -0.481 e. The number of hydrogen-bond acceptors (Lipinski definition) is 7. The summed E-state index contributed by atoms with van der Waals surface area (Å²) in [5.41, 5.74) is 0.606. The van der Waals surface area contributed by atoms with Crippen LogP contribution < -0.4 is 9.47 Å². The van der Waals surface area contributed by atoms with Gasteiger partial charge in [0.05, 0.1) is 13.7 Å². The van der Waals surface area contributed by atoms with E-state index in [0.717, 1.165) is 0 Å². The summed E-state index contributed by atoms with van der Waals surface area (Å²) >= 11 is 1.23. The van der Waals surface area contributed by atoms with Gasteiger partial charge in [0.1, 0.15) is 23.1 Å². The van der Waals surface area contributed by atoms with Crippen LogP contribution in [0.4, 0.5) is 0 Å². The number of methoxy groups -OCH3 is 1. The Balaban J connectivity index is 2.41. The molecule has 92 valence electrons. The lowest BCUT2D eigenvalue weighted by molar-refractivity contribution is 0.328. The molecular formula is C11H10N4O2S. The number of hydrogen-bond donors (Lipinski definition) is 0. The summed E-state index contributed by atoms with van der Waals surface area (Å²) in [6.45, 7) is 2.30. The second-order valence-corrected chi connectivity index (χ2v) is 4.14. The summed E-state index contributed by atoms with van der Waals surface area (Å²) in [6.07, 6.45) is 1.39. The average Bonchev–Trinajstić information content (AvgIpc) is 2.82. The molecule has 0 saturated carbocycles. The zero-order valence-electron chi connectivity index (χ0n) is 9.88. The molecule has 0 aromatic carbocycles. The van der Waals surface area contributed by atoms with E-state index in [1.54, 1.807) is 6.07 Å². The minimum atomic E-state index is 0.345. The minimum absolute atomic E-state index is 0.345. The Bertz CT molecular complexity index is 591. The zero-order chi connectivity index (χ0) is 13.0. The van der Waals surface area contributed by atoms with Gasteiger partial charge in [-0.2, -0.15) is 10.2 Å². The van der Waals surface area contributed by atoms with Crippen molar-refractivity contribution in [3.8, 4) is 28.5 Å². The van der Waals surface area contributed by atoms with Crippen molar-refractivity contribution in [3.05, 3.63) is 17.3 Å². The second kappa shape index (κ2) is 5.42. The number of nitriles is 1. The molecule has 6 nitrogen and oxygen atoms in total. The first-order valence-corrected chi connectivity index (χ1v) is 6.00. The fraction of sp³-hybridized carbons (Fsp3) is 0.273. The summed E-state index contributed by atoms with van der Waals surface area (Å²) < 4.78 is 10.3. The highest BCUT2D eigenvalue weighted by Gasteiger charge is 2.14. The van der Waals surface area contributed by atoms with E-state index in [1.165, 1.54) is 24.8 Å². The number of thiazole rings is 1. The SMILES string of the molecule is CCOc1nc(-c2cc(OC)ncn2)sc1C#N. The van der Waals surface area contributed by atoms with E-state index < -0.39 is 0 Å². The summed E-state index contributed by atoms with van der Waals surface area (Å²) in [5, 5.41) is 9.60. The van der Waals surface area contributed by atoms with Crippen LogP contribution in [-0.2, 0) is 0 Å². The predicted octanol–water partition coefficient (Wildman–Crippen LogP) is 1.88. The van der Waals surface area contributed by atoms with E-state index in [1.807, 2.05) is 6.92 Å². The lowest BCUT2D eigenvalue weighted by Crippen LogP contribution is -1.93. The monoisotopic (exact) mass is 262 g/mol. The van der Waals surface area contributed by atoms with Gasteiger partial charge in [0, 0.05) is 6.07 Å². The molecule has 0 unspecified atom stereocenters. The Kier molecular flexibility index (Phi) is 3.69. The van der Waals surface area contributed by atoms with Crippen molar-refractivity contribution in [2.75, 3.05) is 13.7 Å². The fourth-order valence-electron chi connectivity index (χ4n) is 1.29. The Hall–Kier alpha value is -2.20. The summed E-state index contributed by atoms with van der Waals surface area (Å²) in [6, 6.07) is 3.72. The highest BCUT2D eigenvalue weighted by Crippen LogP contribution is 2.31. The Labute approximate surface area is 108 Å². The molecule has 0 aliphatic heterocycles. The van der Waals surface area contributed by atoms with Crippen molar-refractivity contribution in [1.82, 2.24) is 15.0 Å². The van der Waals surface area contributed by atoms with Crippen LogP contribution in [0.2, 0.25) is 0 Å². The van der Waals surface area contributed by atoms with Crippen LogP contribution in [0, 0.1) is 11.3 Å². The van der Waals surface area contributed by atoms with Gasteiger partial charge in [-0.3, -0.25) is 0 Å². The largest absolute Gasteiger partial charge is 0.481 e. The van der Waals surface area contributed by atoms with Crippen LogP contribution in [0.1, 0.15) is 11.8 Å². The van der Waals surface area contributed by atoms with E-state index >= 15 is 0 Å². The maximum Gasteiger partial charge on any atom is 0.243 e. The van der Waals surface area contributed by atoms with Crippen molar-refractivity contribution in [2.24, 2.45) is 0 Å². The molecule has 7 heteroatoms. The third-order valence-corrected chi connectivity index (χ3v) is 3.01. The van der Waals surface area contributed by atoms with Gasteiger partial charge >= 0.3 is 0 Å². The number of nitrogens with zero attached hydrogens (tertiary/aromatic N) is 4. The predicted molar refractivity (Wildman–Crippen MR) is 65.6 cm³/mol. The maximum atomic E-state index is 8.99. The van der Waals surface area contributed by atoms with Crippen molar-refractivity contribution >= 4 is 11.3 Å². The van der Waals surface area contributed by atoms with Gasteiger partial charge in [0.2, 0.25) is 11.8 Å². The fourth-order valence-corrected chi connectivity index (χ4v) is 2.06. The molecule has 2 aromatic heterocycles. The molecule has 0 aliphatic rings. The first kappa shape index (κ1) is 12.3. The molecule has 0 saturated heterocycles. The number of aromatic nitrogens is 3. The third kappa shape index (κ3) is 2.38. The summed E-state index contributed by atoms with van der Waals surface area (Å²) in [4.78, 5) is 12.7. The zero-order valence-corrected chi connectivity index (χ0v) is 10.7. The van der Waals surface area contributed by atoms with Crippen molar-refractivity contribution in [1.29, 1.82) is 5.26 Å². The van der Waals surface area contributed by atoms with Crippen LogP contribution in [-0.4, -0.2) is 28.7 Å². The average molecular weight is 262 g/mol. The van der Waals surface area contributed by atoms with E-state index in [9.17, 15) is 0 Å². The maximum absolute atomic E-state index is 8.99. The van der Waals surface area contributed by atoms with Crippen molar-refractivity contribution in [2.45, 2.75) is 6.92 Å². The highest BCUT2D eigenvalue weighted by atomic mass is 32.1. The Morgan fingerprint density at radius 2 is 2.28 bits per heavy atom. The molecule has 2 rings (SSSR count). The van der Waals surface area contributed by atoms with Crippen LogP contribution in [0.5, 0.6) is 11.8 Å². The summed E-state index contributed by atoms with van der Waals surface area (Å²) in [7, 11) is 1.53. The first-order chi connectivity index (χ1) is 8.78. The molecule has 18 heavy (non-hydrogen) atoms. The molecule has 0 spiro atoms. The molecule has 0 atom stereocenters. The van der Waals surface area contributed by atoms with Crippen LogP contribution in [0.3, 0.4) is 0 Å². The third-order valence-electron chi connectivity index (χ3n) is 2.05. The topological polar surface area (TPSA) is 80.9 Å². The molecule has 0 amide bonds. The molecule has 0 radical (unpaired) electrons. The van der Waals surface area contributed by atoms with E-state index in [-0.39, 0.29) is 0 Å². The normalized spacial score (nSPS) is 9.83. The van der Waals surface area contributed by atoms with Crippen LogP contribution in [0.15, 0.2) is 12.4 Å². The summed E-state index contributed by atoms with van der Waals surface area (Å²) in [5.74, 6) is 0.796. The van der Waals surface area contributed by atoms with Gasteiger partial charge in [-0.15, -0.1) is 0 Å². The van der Waals surface area contributed by atoms with Crippen molar-refractivity contribution in [3.63, 3.8) is 0 Å². The van der Waals surface area contributed by atoms with Gasteiger partial charge in [0.15, 0.2) is 4.88 Å². The quantitative estimate of drug-likeness (QED) is 0.836. The molecule has 2 heterocycles.